The average Bonchev–Trinajstić information content (AvgIpc) is 2.77. The third-order valence-corrected chi connectivity index (χ3v) is 3.78. The summed E-state index contributed by atoms with van der Waals surface area (Å²) in [4.78, 5) is 0. The third kappa shape index (κ3) is 2.66. The first-order chi connectivity index (χ1) is 9.74. The summed E-state index contributed by atoms with van der Waals surface area (Å²) in [5.41, 5.74) is 3.69. The van der Waals surface area contributed by atoms with Crippen molar-refractivity contribution in [3.8, 4) is 0 Å². The Bertz CT molecular complexity index is 713. The molecule has 0 fully saturated rings. The van der Waals surface area contributed by atoms with E-state index in [0.717, 1.165) is 23.8 Å². The second kappa shape index (κ2) is 5.59. The number of nitrogens with one attached hydrogen (secondary N) is 1. The molecule has 0 spiro atoms. The van der Waals surface area contributed by atoms with Crippen molar-refractivity contribution in [1.82, 2.24) is 4.57 Å². The molecule has 2 nitrogen and oxygen atoms in total. The summed E-state index contributed by atoms with van der Waals surface area (Å²) in [6, 6.07) is 18.5. The summed E-state index contributed by atoms with van der Waals surface area (Å²) < 4.78 is 2.35. The van der Waals surface area contributed by atoms with Crippen LogP contribution in [0.5, 0.6) is 0 Å². The van der Waals surface area contributed by atoms with Crippen LogP contribution < -0.4 is 5.32 Å². The summed E-state index contributed by atoms with van der Waals surface area (Å²) in [5.74, 6) is 0. The van der Waals surface area contributed by atoms with E-state index in [-0.39, 0.29) is 0 Å². The van der Waals surface area contributed by atoms with E-state index in [4.69, 9.17) is 11.6 Å². The van der Waals surface area contributed by atoms with Gasteiger partial charge in [0.2, 0.25) is 0 Å². The first kappa shape index (κ1) is 13.1. The SMILES string of the molecule is Cc1cc2ccccc2n1CCNc1ccc(Cl)cc1. The third-order valence-electron chi connectivity index (χ3n) is 3.53. The number of fused-ring (bicyclic) bond motifs is 1. The van der Waals surface area contributed by atoms with Gasteiger partial charge in [0.15, 0.2) is 0 Å². The molecular formula is C17H17ClN2. The Hall–Kier alpha value is -1.93. The van der Waals surface area contributed by atoms with Crippen LogP contribution in [-0.4, -0.2) is 11.1 Å². The highest BCUT2D eigenvalue weighted by Crippen LogP contribution is 2.19. The summed E-state index contributed by atoms with van der Waals surface area (Å²) in [6.07, 6.45) is 0. The van der Waals surface area contributed by atoms with Crippen LogP contribution in [-0.2, 0) is 6.54 Å². The van der Waals surface area contributed by atoms with Gasteiger partial charge in [-0.05, 0) is 48.7 Å². The molecule has 0 saturated carbocycles. The van der Waals surface area contributed by atoms with Gasteiger partial charge in [0.05, 0.1) is 0 Å². The largest absolute Gasteiger partial charge is 0.383 e. The van der Waals surface area contributed by atoms with Gasteiger partial charge in [-0.15, -0.1) is 0 Å². The van der Waals surface area contributed by atoms with Gasteiger partial charge in [-0.25, -0.2) is 0 Å². The van der Waals surface area contributed by atoms with Crippen LogP contribution in [0, 0.1) is 6.92 Å². The van der Waals surface area contributed by atoms with Gasteiger partial charge in [-0.2, -0.15) is 0 Å². The molecule has 0 unspecified atom stereocenters. The van der Waals surface area contributed by atoms with Gasteiger partial charge in [-0.3, -0.25) is 0 Å². The molecule has 1 aromatic heterocycles. The van der Waals surface area contributed by atoms with Gasteiger partial charge in [0.25, 0.3) is 0 Å². The van der Waals surface area contributed by atoms with Crippen molar-refractivity contribution in [2.75, 3.05) is 11.9 Å². The van der Waals surface area contributed by atoms with Crippen LogP contribution in [0.2, 0.25) is 5.02 Å². The number of benzene rings is 2. The lowest BCUT2D eigenvalue weighted by Gasteiger charge is -2.10. The molecule has 0 amide bonds. The summed E-state index contributed by atoms with van der Waals surface area (Å²) in [7, 11) is 0. The highest BCUT2D eigenvalue weighted by molar-refractivity contribution is 6.30. The molecule has 0 aliphatic carbocycles. The predicted octanol–water partition coefficient (Wildman–Crippen LogP) is 4.72. The zero-order chi connectivity index (χ0) is 13.9. The number of hydrogen-bond acceptors (Lipinski definition) is 1. The Morgan fingerprint density at radius 2 is 1.80 bits per heavy atom. The Morgan fingerprint density at radius 3 is 2.60 bits per heavy atom. The monoisotopic (exact) mass is 284 g/mol. The molecule has 0 atom stereocenters. The van der Waals surface area contributed by atoms with Crippen LogP contribution in [0.3, 0.4) is 0 Å². The lowest BCUT2D eigenvalue weighted by molar-refractivity contribution is 0.735. The van der Waals surface area contributed by atoms with E-state index in [1.165, 1.54) is 16.6 Å². The highest BCUT2D eigenvalue weighted by atomic mass is 35.5. The molecule has 3 aromatic rings. The number of anilines is 1. The smallest absolute Gasteiger partial charge is 0.0483 e. The number of para-hydroxylation sites is 1. The average molecular weight is 285 g/mol. The van der Waals surface area contributed by atoms with E-state index in [0.29, 0.717) is 0 Å². The standard InChI is InChI=1S/C17H17ClN2/c1-13-12-14-4-2-3-5-17(14)20(13)11-10-19-16-8-6-15(18)7-9-16/h2-9,12,19H,10-11H2,1H3. The van der Waals surface area contributed by atoms with Crippen molar-refractivity contribution in [3.63, 3.8) is 0 Å². The van der Waals surface area contributed by atoms with Crippen LogP contribution in [0.4, 0.5) is 5.69 Å². The second-order valence-corrected chi connectivity index (χ2v) is 5.37. The molecule has 102 valence electrons. The van der Waals surface area contributed by atoms with Crippen LogP contribution in [0.15, 0.2) is 54.6 Å². The molecule has 0 bridgehead atoms. The fourth-order valence-electron chi connectivity index (χ4n) is 2.52. The summed E-state index contributed by atoms with van der Waals surface area (Å²) >= 11 is 5.88. The number of nitrogens with zero attached hydrogens (tertiary/aromatic N) is 1. The van der Waals surface area contributed by atoms with Gasteiger partial charge < -0.3 is 9.88 Å². The first-order valence-electron chi connectivity index (χ1n) is 6.78. The van der Waals surface area contributed by atoms with Gasteiger partial charge in [0, 0.05) is 35.0 Å². The van der Waals surface area contributed by atoms with Crippen molar-refractivity contribution in [2.24, 2.45) is 0 Å². The Labute approximate surface area is 124 Å². The number of rotatable bonds is 4. The topological polar surface area (TPSA) is 17.0 Å². The fourth-order valence-corrected chi connectivity index (χ4v) is 2.65. The van der Waals surface area contributed by atoms with Crippen LogP contribution in [0.25, 0.3) is 10.9 Å². The molecule has 20 heavy (non-hydrogen) atoms. The summed E-state index contributed by atoms with van der Waals surface area (Å²) in [6.45, 7) is 3.99. The minimum absolute atomic E-state index is 0.766. The molecule has 0 saturated heterocycles. The zero-order valence-electron chi connectivity index (χ0n) is 11.4. The summed E-state index contributed by atoms with van der Waals surface area (Å²) in [5, 5.41) is 5.49. The molecule has 0 aliphatic rings. The van der Waals surface area contributed by atoms with Gasteiger partial charge in [0.1, 0.15) is 0 Å². The molecule has 1 N–H and O–H groups in total. The minimum atomic E-state index is 0.766. The minimum Gasteiger partial charge on any atom is -0.383 e. The zero-order valence-corrected chi connectivity index (χ0v) is 12.2. The van der Waals surface area contributed by atoms with E-state index < -0.39 is 0 Å². The van der Waals surface area contributed by atoms with Crippen molar-refractivity contribution in [2.45, 2.75) is 13.5 Å². The quantitative estimate of drug-likeness (QED) is 0.734. The van der Waals surface area contributed by atoms with E-state index in [1.807, 2.05) is 24.3 Å². The lowest BCUT2D eigenvalue weighted by Crippen LogP contribution is -2.11. The maximum absolute atomic E-state index is 5.88. The highest BCUT2D eigenvalue weighted by Gasteiger charge is 2.04. The van der Waals surface area contributed by atoms with Crippen molar-refractivity contribution in [1.29, 1.82) is 0 Å². The predicted molar refractivity (Wildman–Crippen MR) is 86.6 cm³/mol. The molecule has 3 rings (SSSR count). The molecule has 2 aromatic carbocycles. The van der Waals surface area contributed by atoms with Gasteiger partial charge in [-0.1, -0.05) is 29.8 Å². The van der Waals surface area contributed by atoms with E-state index in [9.17, 15) is 0 Å². The number of aromatic nitrogens is 1. The first-order valence-corrected chi connectivity index (χ1v) is 7.16. The van der Waals surface area contributed by atoms with Crippen molar-refractivity contribution >= 4 is 28.2 Å². The fraction of sp³-hybridized carbons (Fsp3) is 0.176. The lowest BCUT2D eigenvalue weighted by atomic mass is 10.2. The normalized spacial score (nSPS) is 10.9. The molecule has 0 aliphatic heterocycles. The number of halogens is 1. The number of hydrogen-bond donors (Lipinski definition) is 1. The second-order valence-electron chi connectivity index (χ2n) is 4.93. The Morgan fingerprint density at radius 1 is 1.05 bits per heavy atom. The maximum Gasteiger partial charge on any atom is 0.0483 e. The molecule has 1 heterocycles. The van der Waals surface area contributed by atoms with Crippen molar-refractivity contribution in [3.05, 3.63) is 65.3 Å². The van der Waals surface area contributed by atoms with Gasteiger partial charge >= 0.3 is 0 Å². The molecule has 0 radical (unpaired) electrons. The number of aryl methyl sites for hydroxylation is 1. The maximum atomic E-state index is 5.88. The Kier molecular flexibility index (Phi) is 3.66. The van der Waals surface area contributed by atoms with Crippen LogP contribution in [0.1, 0.15) is 5.69 Å². The van der Waals surface area contributed by atoms with E-state index in [2.05, 4.69) is 47.1 Å². The van der Waals surface area contributed by atoms with Crippen molar-refractivity contribution < 1.29 is 0 Å². The van der Waals surface area contributed by atoms with Crippen LogP contribution >= 0.6 is 11.6 Å². The molecular weight excluding hydrogens is 268 g/mol. The van der Waals surface area contributed by atoms with E-state index in [1.54, 1.807) is 0 Å². The van der Waals surface area contributed by atoms with E-state index >= 15 is 0 Å². The Balaban J connectivity index is 1.71. The molecule has 3 heteroatoms.